The van der Waals surface area contributed by atoms with E-state index in [1.54, 1.807) is 18.2 Å². The summed E-state index contributed by atoms with van der Waals surface area (Å²) in [7, 11) is 0. The summed E-state index contributed by atoms with van der Waals surface area (Å²) in [6, 6.07) is 11.0. The van der Waals surface area contributed by atoms with Crippen molar-refractivity contribution in [1.29, 1.82) is 0 Å². The number of benzene rings is 2. The second-order valence-electron chi connectivity index (χ2n) is 6.13. The Balaban J connectivity index is 1.74. The molecule has 24 heavy (non-hydrogen) atoms. The number of anilines is 2. The molecule has 0 aliphatic carbocycles. The number of hydrogen-bond donors (Lipinski definition) is 1. The predicted molar refractivity (Wildman–Crippen MR) is 102 cm³/mol. The summed E-state index contributed by atoms with van der Waals surface area (Å²) in [5.41, 5.74) is 3.19. The first-order chi connectivity index (χ1) is 11.5. The molecule has 2 aromatic rings. The fourth-order valence-corrected chi connectivity index (χ4v) is 3.39. The molecule has 1 N–H and O–H groups in total. The van der Waals surface area contributed by atoms with Gasteiger partial charge in [-0.25, -0.2) is 0 Å². The first-order valence-corrected chi connectivity index (χ1v) is 8.92. The molecular formula is C19H20Cl2N2O. The van der Waals surface area contributed by atoms with Crippen molar-refractivity contribution >= 4 is 40.5 Å². The minimum atomic E-state index is -0.196. The number of nitrogens with zero attached hydrogens (tertiary/aromatic N) is 1. The molecule has 1 aliphatic heterocycles. The highest BCUT2D eigenvalue weighted by Gasteiger charge is 2.15. The van der Waals surface area contributed by atoms with Crippen LogP contribution >= 0.6 is 23.2 Å². The van der Waals surface area contributed by atoms with E-state index in [1.165, 1.54) is 19.3 Å². The van der Waals surface area contributed by atoms with Crippen LogP contribution in [0.5, 0.6) is 0 Å². The molecule has 0 aromatic heterocycles. The van der Waals surface area contributed by atoms with Crippen LogP contribution in [0.2, 0.25) is 10.0 Å². The van der Waals surface area contributed by atoms with Gasteiger partial charge < -0.3 is 10.2 Å². The van der Waals surface area contributed by atoms with Gasteiger partial charge in [0.25, 0.3) is 5.91 Å². The summed E-state index contributed by atoms with van der Waals surface area (Å²) >= 11 is 12.5. The van der Waals surface area contributed by atoms with Crippen LogP contribution in [0.4, 0.5) is 11.4 Å². The van der Waals surface area contributed by atoms with Crippen molar-refractivity contribution in [2.24, 2.45) is 0 Å². The molecule has 1 aliphatic rings. The van der Waals surface area contributed by atoms with Gasteiger partial charge in [0.05, 0.1) is 10.7 Å². The van der Waals surface area contributed by atoms with Crippen LogP contribution in [0.3, 0.4) is 0 Å². The van der Waals surface area contributed by atoms with Gasteiger partial charge in [0.2, 0.25) is 0 Å². The number of hydrogen-bond acceptors (Lipinski definition) is 2. The number of amides is 1. The van der Waals surface area contributed by atoms with Gasteiger partial charge in [0.15, 0.2) is 0 Å². The molecule has 0 spiro atoms. The lowest BCUT2D eigenvalue weighted by atomic mass is 10.1. The molecule has 2 aromatic carbocycles. The van der Waals surface area contributed by atoms with Gasteiger partial charge >= 0.3 is 0 Å². The SMILES string of the molecule is Cc1ccc(C(=O)Nc2ccc(N3CCCCC3)c(Cl)c2)cc1Cl. The Hall–Kier alpha value is -1.71. The van der Waals surface area contributed by atoms with Crippen LogP contribution in [0.25, 0.3) is 0 Å². The van der Waals surface area contributed by atoms with E-state index in [2.05, 4.69) is 10.2 Å². The number of carbonyl (C=O) groups is 1. The molecule has 0 unspecified atom stereocenters. The average Bonchev–Trinajstić information content (AvgIpc) is 2.58. The van der Waals surface area contributed by atoms with Crippen molar-refractivity contribution in [2.45, 2.75) is 26.2 Å². The topological polar surface area (TPSA) is 32.3 Å². The Morgan fingerprint density at radius 2 is 1.75 bits per heavy atom. The number of halogens is 2. The first kappa shape index (κ1) is 17.1. The van der Waals surface area contributed by atoms with Crippen LogP contribution in [-0.2, 0) is 0 Å². The maximum Gasteiger partial charge on any atom is 0.255 e. The Bertz CT molecular complexity index is 755. The second kappa shape index (κ2) is 7.45. The van der Waals surface area contributed by atoms with Crippen molar-refractivity contribution in [1.82, 2.24) is 0 Å². The van der Waals surface area contributed by atoms with E-state index in [0.29, 0.717) is 21.3 Å². The molecule has 1 heterocycles. The van der Waals surface area contributed by atoms with Gasteiger partial charge in [0, 0.05) is 29.4 Å². The first-order valence-electron chi connectivity index (χ1n) is 8.16. The van der Waals surface area contributed by atoms with Crippen LogP contribution in [-0.4, -0.2) is 19.0 Å². The van der Waals surface area contributed by atoms with Crippen LogP contribution in [0, 0.1) is 6.92 Å². The quantitative estimate of drug-likeness (QED) is 0.776. The van der Waals surface area contributed by atoms with E-state index >= 15 is 0 Å². The van der Waals surface area contributed by atoms with Gasteiger partial charge in [-0.05, 0) is 62.1 Å². The average molecular weight is 363 g/mol. The number of carbonyl (C=O) groups excluding carboxylic acids is 1. The van der Waals surface area contributed by atoms with E-state index in [-0.39, 0.29) is 5.91 Å². The maximum absolute atomic E-state index is 12.4. The fourth-order valence-electron chi connectivity index (χ4n) is 2.91. The number of rotatable bonds is 3. The highest BCUT2D eigenvalue weighted by Crippen LogP contribution is 2.31. The Morgan fingerprint density at radius 1 is 1.00 bits per heavy atom. The number of piperidine rings is 1. The predicted octanol–water partition coefficient (Wildman–Crippen LogP) is 5.54. The molecule has 1 fully saturated rings. The van der Waals surface area contributed by atoms with Crippen molar-refractivity contribution in [2.75, 3.05) is 23.3 Å². The van der Waals surface area contributed by atoms with E-state index < -0.39 is 0 Å². The molecular weight excluding hydrogens is 343 g/mol. The third kappa shape index (κ3) is 3.85. The zero-order chi connectivity index (χ0) is 17.1. The summed E-state index contributed by atoms with van der Waals surface area (Å²) in [6.07, 6.45) is 3.67. The van der Waals surface area contributed by atoms with Crippen LogP contribution in [0.1, 0.15) is 35.2 Å². The summed E-state index contributed by atoms with van der Waals surface area (Å²) in [5, 5.41) is 4.12. The minimum Gasteiger partial charge on any atom is -0.370 e. The lowest BCUT2D eigenvalue weighted by Gasteiger charge is -2.29. The second-order valence-corrected chi connectivity index (χ2v) is 6.95. The van der Waals surface area contributed by atoms with Crippen LogP contribution in [0.15, 0.2) is 36.4 Å². The highest BCUT2D eigenvalue weighted by molar-refractivity contribution is 6.33. The lowest BCUT2D eigenvalue weighted by Crippen LogP contribution is -2.29. The smallest absolute Gasteiger partial charge is 0.255 e. The lowest BCUT2D eigenvalue weighted by molar-refractivity contribution is 0.102. The summed E-state index contributed by atoms with van der Waals surface area (Å²) < 4.78 is 0. The molecule has 126 valence electrons. The zero-order valence-corrected chi connectivity index (χ0v) is 15.1. The molecule has 0 atom stereocenters. The minimum absolute atomic E-state index is 0.196. The third-order valence-corrected chi connectivity index (χ3v) is 5.05. The van der Waals surface area contributed by atoms with Gasteiger partial charge in [-0.1, -0.05) is 29.3 Å². The monoisotopic (exact) mass is 362 g/mol. The fraction of sp³-hybridized carbons (Fsp3) is 0.316. The Labute approximate surface area is 152 Å². The summed E-state index contributed by atoms with van der Waals surface area (Å²) in [5.74, 6) is -0.196. The maximum atomic E-state index is 12.4. The molecule has 1 saturated heterocycles. The highest BCUT2D eigenvalue weighted by atomic mass is 35.5. The molecule has 3 rings (SSSR count). The molecule has 0 saturated carbocycles. The molecule has 1 amide bonds. The van der Waals surface area contributed by atoms with Gasteiger partial charge in [-0.2, -0.15) is 0 Å². The summed E-state index contributed by atoms with van der Waals surface area (Å²) in [4.78, 5) is 14.7. The van der Waals surface area contributed by atoms with Gasteiger partial charge in [-0.15, -0.1) is 0 Å². The van der Waals surface area contributed by atoms with Gasteiger partial charge in [0.1, 0.15) is 0 Å². The Morgan fingerprint density at radius 3 is 2.42 bits per heavy atom. The number of nitrogens with one attached hydrogen (secondary N) is 1. The van der Waals surface area contributed by atoms with Gasteiger partial charge in [-0.3, -0.25) is 4.79 Å². The normalized spacial score (nSPS) is 14.5. The number of aryl methyl sites for hydroxylation is 1. The van der Waals surface area contributed by atoms with E-state index in [4.69, 9.17) is 23.2 Å². The third-order valence-electron chi connectivity index (χ3n) is 4.34. The summed E-state index contributed by atoms with van der Waals surface area (Å²) in [6.45, 7) is 3.98. The zero-order valence-electron chi connectivity index (χ0n) is 13.6. The van der Waals surface area contributed by atoms with Crippen molar-refractivity contribution in [3.05, 3.63) is 57.6 Å². The molecule has 5 heteroatoms. The Kier molecular flexibility index (Phi) is 5.32. The van der Waals surface area contributed by atoms with Crippen molar-refractivity contribution < 1.29 is 4.79 Å². The molecule has 0 radical (unpaired) electrons. The molecule has 0 bridgehead atoms. The van der Waals surface area contributed by atoms with E-state index in [0.717, 1.165) is 24.3 Å². The van der Waals surface area contributed by atoms with E-state index in [9.17, 15) is 4.79 Å². The van der Waals surface area contributed by atoms with Crippen molar-refractivity contribution in [3.8, 4) is 0 Å². The van der Waals surface area contributed by atoms with Crippen LogP contribution < -0.4 is 10.2 Å². The van der Waals surface area contributed by atoms with Crippen molar-refractivity contribution in [3.63, 3.8) is 0 Å². The molecule has 3 nitrogen and oxygen atoms in total. The largest absolute Gasteiger partial charge is 0.370 e. The van der Waals surface area contributed by atoms with E-state index in [1.807, 2.05) is 25.1 Å². The standard InChI is InChI=1S/C19H20Cl2N2O/c1-13-5-6-14(11-16(13)20)19(24)22-15-7-8-18(17(21)12-15)23-9-3-2-4-10-23/h5-8,11-12H,2-4,9-10H2,1H3,(H,22,24).